The fraction of sp³-hybridized carbons (Fsp3) is 0.880. The molecule has 0 aromatic carbocycles. The molecule has 3 unspecified atom stereocenters. The van der Waals surface area contributed by atoms with Crippen molar-refractivity contribution in [3.05, 3.63) is 0 Å². The molecule has 5 atom stereocenters. The van der Waals surface area contributed by atoms with Crippen molar-refractivity contribution in [2.75, 3.05) is 38.6 Å². The third-order valence-electron chi connectivity index (χ3n) is 6.79. The number of phosphoric ester groups is 1. The van der Waals surface area contributed by atoms with E-state index < -0.39 is 31.9 Å². The van der Waals surface area contributed by atoms with Crippen molar-refractivity contribution >= 4 is 37.6 Å². The van der Waals surface area contributed by atoms with Crippen LogP contribution in [0.15, 0.2) is 0 Å². The number of thioether (sulfide) groups is 1. The number of ether oxygens (including phenoxy) is 2. The molecule has 40 heavy (non-hydrogen) atoms. The highest BCUT2D eigenvalue weighted by Crippen LogP contribution is 2.36. The molecule has 0 aromatic heterocycles. The summed E-state index contributed by atoms with van der Waals surface area (Å²) < 4.78 is 25.9. The van der Waals surface area contributed by atoms with Crippen molar-refractivity contribution in [3.8, 4) is 0 Å². The lowest BCUT2D eigenvalue weighted by Gasteiger charge is -2.24. The summed E-state index contributed by atoms with van der Waals surface area (Å²) >= 11 is 1.96. The predicted molar refractivity (Wildman–Crippen MR) is 152 cm³/mol. The van der Waals surface area contributed by atoms with Gasteiger partial charge in [-0.15, -0.1) is 0 Å². The second-order valence-electron chi connectivity index (χ2n) is 10.3. The second-order valence-corrected chi connectivity index (χ2v) is 12.9. The van der Waals surface area contributed by atoms with E-state index in [1.165, 1.54) is 26.7 Å². The van der Waals surface area contributed by atoms with Gasteiger partial charge >= 0.3 is 25.8 Å². The molecule has 6 N–H and O–H groups in total. The molecule has 2 aliphatic heterocycles. The molecule has 0 aliphatic carbocycles. The smallest absolute Gasteiger partial charge is 0.462 e. The zero-order valence-corrected chi connectivity index (χ0v) is 25.3. The monoisotopic (exact) mass is 610 g/mol. The minimum atomic E-state index is -4.66. The van der Waals surface area contributed by atoms with Gasteiger partial charge in [0.1, 0.15) is 12.7 Å². The van der Waals surface area contributed by atoms with Crippen molar-refractivity contribution < 1.29 is 42.7 Å². The Morgan fingerprint density at radius 1 is 1.00 bits per heavy atom. The normalized spacial score (nSPS) is 21.8. The average Bonchev–Trinajstić information content (AvgIpc) is 3.41. The van der Waals surface area contributed by atoms with E-state index in [4.69, 9.17) is 19.3 Å². The van der Waals surface area contributed by atoms with Crippen molar-refractivity contribution in [1.29, 1.82) is 0 Å². The first-order valence-corrected chi connectivity index (χ1v) is 16.7. The third-order valence-corrected chi connectivity index (χ3v) is 8.78. The number of hydrogen-bond donors (Lipinski definition) is 6. The van der Waals surface area contributed by atoms with Crippen LogP contribution in [0.25, 0.3) is 0 Å². The maximum Gasteiger partial charge on any atom is 0.469 e. The SMILES string of the molecule is CC(=O)OCC(CC(COP(=O)(O)O)NCCCCCCNCCCCCC1SC[C@@H]2NC(=O)N[C@H]12)OC(C)=O. The molecule has 0 bridgehead atoms. The van der Waals surface area contributed by atoms with Crippen molar-refractivity contribution in [1.82, 2.24) is 21.3 Å². The maximum atomic E-state index is 11.5. The Morgan fingerprint density at radius 3 is 2.33 bits per heavy atom. The van der Waals surface area contributed by atoms with Crippen molar-refractivity contribution in [2.45, 2.75) is 101 Å². The molecule has 232 valence electrons. The molecule has 15 heteroatoms. The van der Waals surface area contributed by atoms with Crippen molar-refractivity contribution in [3.63, 3.8) is 0 Å². The van der Waals surface area contributed by atoms with Gasteiger partial charge in [-0.1, -0.05) is 25.7 Å². The molecule has 0 saturated carbocycles. The van der Waals surface area contributed by atoms with E-state index in [0.29, 0.717) is 17.8 Å². The predicted octanol–water partition coefficient (Wildman–Crippen LogP) is 1.81. The lowest BCUT2D eigenvalue weighted by Crippen LogP contribution is -2.39. The maximum absolute atomic E-state index is 11.5. The number of unbranched alkanes of at least 4 members (excludes halogenated alkanes) is 5. The molecular formula is C25H47N4O9PS. The van der Waals surface area contributed by atoms with Crippen molar-refractivity contribution in [2.24, 2.45) is 0 Å². The highest BCUT2D eigenvalue weighted by atomic mass is 32.2. The van der Waals surface area contributed by atoms with Gasteiger partial charge in [0.15, 0.2) is 0 Å². The van der Waals surface area contributed by atoms with Gasteiger partial charge in [0.2, 0.25) is 0 Å². The van der Waals surface area contributed by atoms with Gasteiger partial charge in [0, 0.05) is 37.3 Å². The molecule has 2 fully saturated rings. The van der Waals surface area contributed by atoms with Crippen LogP contribution in [0.4, 0.5) is 4.79 Å². The quantitative estimate of drug-likeness (QED) is 0.0453. The number of carbonyl (C=O) groups is 3. The highest BCUT2D eigenvalue weighted by Gasteiger charge is 2.42. The van der Waals surface area contributed by atoms with E-state index in [1.54, 1.807) is 0 Å². The van der Waals surface area contributed by atoms with Gasteiger partial charge < -0.3 is 40.5 Å². The fourth-order valence-electron chi connectivity index (χ4n) is 4.88. The summed E-state index contributed by atoms with van der Waals surface area (Å²) in [7, 11) is -4.66. The zero-order chi connectivity index (χ0) is 29.4. The molecule has 2 aliphatic rings. The Balaban J connectivity index is 1.51. The van der Waals surface area contributed by atoms with Crippen LogP contribution >= 0.6 is 19.6 Å². The number of amides is 2. The van der Waals surface area contributed by atoms with Crippen LogP contribution < -0.4 is 21.3 Å². The number of rotatable bonds is 22. The molecular weight excluding hydrogens is 563 g/mol. The molecule has 13 nitrogen and oxygen atoms in total. The summed E-state index contributed by atoms with van der Waals surface area (Å²) in [5.41, 5.74) is 0. The minimum absolute atomic E-state index is 0.0277. The standard InChI is InChI=1S/C25H47N4O9PS/c1-18(30)36-16-21(38-19(2)31)14-20(15-37-39(33,34)35)27-13-9-4-3-7-11-26-12-8-5-6-10-23-24-22(17-40-23)28-25(32)29-24/h20-24,26-27H,3-17H2,1-2H3,(H2,28,29,32)(H2,33,34,35)/t20?,21?,22-,23?,24-/m0/s1. The summed E-state index contributed by atoms with van der Waals surface area (Å²) in [5, 5.41) is 13.3. The number of esters is 2. The summed E-state index contributed by atoms with van der Waals surface area (Å²) in [6.07, 6.45) is 8.04. The Labute approximate surface area is 241 Å². The molecule has 2 rings (SSSR count). The molecule has 2 amide bonds. The zero-order valence-electron chi connectivity index (χ0n) is 23.6. The van der Waals surface area contributed by atoms with Gasteiger partial charge in [-0.3, -0.25) is 14.1 Å². The van der Waals surface area contributed by atoms with E-state index in [9.17, 15) is 18.9 Å². The number of carbonyl (C=O) groups excluding carboxylic acids is 3. The number of fused-ring (bicyclic) bond motifs is 1. The molecule has 2 saturated heterocycles. The summed E-state index contributed by atoms with van der Waals surface area (Å²) in [6.45, 7) is 4.63. The van der Waals surface area contributed by atoms with E-state index in [2.05, 4.69) is 25.8 Å². The third kappa shape index (κ3) is 15.6. The van der Waals surface area contributed by atoms with Crippen LogP contribution in [-0.4, -0.2) is 95.8 Å². The number of urea groups is 1. The first-order chi connectivity index (χ1) is 19.0. The van der Waals surface area contributed by atoms with Gasteiger partial charge in [-0.25, -0.2) is 9.36 Å². The minimum Gasteiger partial charge on any atom is -0.462 e. The Morgan fingerprint density at radius 2 is 1.68 bits per heavy atom. The Hall–Kier alpha value is -1.41. The first kappa shape index (κ1) is 34.8. The Kier molecular flexibility index (Phi) is 16.4. The average molecular weight is 611 g/mol. The Bertz CT molecular complexity index is 834. The summed E-state index contributed by atoms with van der Waals surface area (Å²) in [5.74, 6) is -0.0520. The lowest BCUT2D eigenvalue weighted by atomic mass is 10.0. The number of phosphoric acid groups is 1. The van der Waals surface area contributed by atoms with Crippen LogP contribution in [0.3, 0.4) is 0 Å². The van der Waals surface area contributed by atoms with E-state index >= 15 is 0 Å². The van der Waals surface area contributed by atoms with Crippen LogP contribution in [-0.2, 0) is 28.2 Å². The summed E-state index contributed by atoms with van der Waals surface area (Å²) in [4.78, 5) is 52.1. The lowest BCUT2D eigenvalue weighted by molar-refractivity contribution is -0.157. The van der Waals surface area contributed by atoms with Crippen LogP contribution in [0.1, 0.15) is 71.6 Å². The van der Waals surface area contributed by atoms with Crippen LogP contribution in [0.5, 0.6) is 0 Å². The molecule has 0 radical (unpaired) electrons. The van der Waals surface area contributed by atoms with Gasteiger partial charge in [-0.2, -0.15) is 11.8 Å². The van der Waals surface area contributed by atoms with Gasteiger partial charge in [-0.05, 0) is 45.3 Å². The van der Waals surface area contributed by atoms with E-state index in [1.807, 2.05) is 11.8 Å². The van der Waals surface area contributed by atoms with Crippen LogP contribution in [0, 0.1) is 0 Å². The largest absolute Gasteiger partial charge is 0.469 e. The van der Waals surface area contributed by atoms with Gasteiger partial charge in [0.25, 0.3) is 0 Å². The van der Waals surface area contributed by atoms with Crippen LogP contribution in [0.2, 0.25) is 0 Å². The molecule has 2 heterocycles. The summed E-state index contributed by atoms with van der Waals surface area (Å²) in [6, 6.07) is 0.0491. The highest BCUT2D eigenvalue weighted by molar-refractivity contribution is 8.00. The second kappa shape index (κ2) is 18.9. The number of nitrogens with one attached hydrogen (secondary N) is 4. The molecule has 0 aromatic rings. The molecule has 0 spiro atoms. The fourth-order valence-corrected chi connectivity index (χ4v) is 6.80. The number of hydrogen-bond acceptors (Lipinski definition) is 10. The van der Waals surface area contributed by atoms with E-state index in [-0.39, 0.29) is 31.7 Å². The van der Waals surface area contributed by atoms with Gasteiger partial charge in [0.05, 0.1) is 18.7 Å². The first-order valence-electron chi connectivity index (χ1n) is 14.2. The van der Waals surface area contributed by atoms with E-state index in [0.717, 1.165) is 57.4 Å². The topological polar surface area (TPSA) is 185 Å².